The molecule has 2 aromatic rings. The predicted molar refractivity (Wildman–Crippen MR) is 97.6 cm³/mol. The standard InChI is InChI=1S/C21H23FN2O2/c22-16-7-5-14(6-8-16)18-11-15-12-24(13-19(15)18)10-9-23-21(26)17-3-1-2-4-20(17)25/h1-8,15,18-19,25H,9-13H2,(H,23,26). The zero-order valence-electron chi connectivity index (χ0n) is 14.6. The molecule has 4 nitrogen and oxygen atoms in total. The Morgan fingerprint density at radius 1 is 1.15 bits per heavy atom. The third-order valence-corrected chi connectivity index (χ3v) is 5.80. The van der Waals surface area contributed by atoms with Gasteiger partial charge in [-0.2, -0.15) is 0 Å². The van der Waals surface area contributed by atoms with Crippen molar-refractivity contribution >= 4 is 5.91 Å². The smallest absolute Gasteiger partial charge is 0.255 e. The van der Waals surface area contributed by atoms with Crippen LogP contribution in [0, 0.1) is 17.7 Å². The Bertz CT molecular complexity index is 793. The van der Waals surface area contributed by atoms with Crippen LogP contribution in [0.2, 0.25) is 0 Å². The lowest BCUT2D eigenvalue weighted by molar-refractivity contribution is 0.0947. The molecule has 3 atom stereocenters. The van der Waals surface area contributed by atoms with Crippen LogP contribution in [0.3, 0.4) is 0 Å². The highest BCUT2D eigenvalue weighted by molar-refractivity contribution is 5.96. The molecule has 26 heavy (non-hydrogen) atoms. The van der Waals surface area contributed by atoms with Gasteiger partial charge in [0.1, 0.15) is 11.6 Å². The molecule has 0 spiro atoms. The molecule has 2 N–H and O–H groups in total. The molecule has 1 heterocycles. The maximum absolute atomic E-state index is 13.1. The summed E-state index contributed by atoms with van der Waals surface area (Å²) < 4.78 is 13.1. The van der Waals surface area contributed by atoms with E-state index < -0.39 is 0 Å². The van der Waals surface area contributed by atoms with Crippen LogP contribution in [0.1, 0.15) is 28.3 Å². The number of halogens is 1. The minimum absolute atomic E-state index is 0.00589. The van der Waals surface area contributed by atoms with Gasteiger partial charge in [-0.25, -0.2) is 4.39 Å². The first-order valence-electron chi connectivity index (χ1n) is 9.16. The molecule has 1 aliphatic heterocycles. The zero-order valence-corrected chi connectivity index (χ0v) is 14.6. The molecule has 5 heteroatoms. The lowest BCUT2D eigenvalue weighted by Gasteiger charge is -2.40. The van der Waals surface area contributed by atoms with Gasteiger partial charge in [-0.05, 0) is 54.0 Å². The number of hydrogen-bond acceptors (Lipinski definition) is 3. The molecule has 4 rings (SSSR count). The molecule has 2 aliphatic rings. The second-order valence-corrected chi connectivity index (χ2v) is 7.35. The third-order valence-electron chi connectivity index (χ3n) is 5.80. The van der Waals surface area contributed by atoms with Gasteiger partial charge < -0.3 is 15.3 Å². The molecule has 1 saturated carbocycles. The summed E-state index contributed by atoms with van der Waals surface area (Å²) in [5.74, 6) is 1.45. The average Bonchev–Trinajstić information content (AvgIpc) is 2.93. The molecule has 1 amide bonds. The van der Waals surface area contributed by atoms with Crippen molar-refractivity contribution in [2.45, 2.75) is 12.3 Å². The van der Waals surface area contributed by atoms with E-state index in [1.807, 2.05) is 12.1 Å². The number of benzene rings is 2. The van der Waals surface area contributed by atoms with E-state index in [1.165, 1.54) is 11.6 Å². The third kappa shape index (κ3) is 3.31. The topological polar surface area (TPSA) is 52.6 Å². The van der Waals surface area contributed by atoms with Gasteiger partial charge >= 0.3 is 0 Å². The number of phenolic OH excluding ortho intramolecular Hbond substituents is 1. The summed E-state index contributed by atoms with van der Waals surface area (Å²) in [6.45, 7) is 3.46. The highest BCUT2D eigenvalue weighted by atomic mass is 19.1. The van der Waals surface area contributed by atoms with Gasteiger partial charge in [-0.1, -0.05) is 24.3 Å². The van der Waals surface area contributed by atoms with Crippen molar-refractivity contribution < 1.29 is 14.3 Å². The molecule has 2 aromatic carbocycles. The van der Waals surface area contributed by atoms with Crippen LogP contribution < -0.4 is 5.32 Å². The van der Waals surface area contributed by atoms with Crippen LogP contribution >= 0.6 is 0 Å². The van der Waals surface area contributed by atoms with E-state index in [4.69, 9.17) is 0 Å². The minimum Gasteiger partial charge on any atom is -0.507 e. The van der Waals surface area contributed by atoms with E-state index in [2.05, 4.69) is 10.2 Å². The number of amides is 1. The summed E-state index contributed by atoms with van der Waals surface area (Å²) in [6.07, 6.45) is 1.16. The molecule has 0 aromatic heterocycles. The highest BCUT2D eigenvalue weighted by Crippen LogP contribution is 2.51. The second kappa shape index (κ2) is 7.08. The number of carbonyl (C=O) groups excluding carboxylic acids is 1. The van der Waals surface area contributed by atoms with Gasteiger partial charge in [0.15, 0.2) is 0 Å². The zero-order chi connectivity index (χ0) is 18.1. The maximum atomic E-state index is 13.1. The van der Waals surface area contributed by atoms with Crippen molar-refractivity contribution in [3.8, 4) is 5.75 Å². The SMILES string of the molecule is O=C(NCCN1CC2CC(c3ccc(F)cc3)C2C1)c1ccccc1O. The fraction of sp³-hybridized carbons (Fsp3) is 0.381. The second-order valence-electron chi connectivity index (χ2n) is 7.35. The summed E-state index contributed by atoms with van der Waals surface area (Å²) in [4.78, 5) is 14.5. The van der Waals surface area contributed by atoms with Gasteiger partial charge in [0.2, 0.25) is 0 Å². The Balaban J connectivity index is 1.26. The van der Waals surface area contributed by atoms with Gasteiger partial charge in [0.05, 0.1) is 5.56 Å². The van der Waals surface area contributed by atoms with E-state index in [9.17, 15) is 14.3 Å². The molecular weight excluding hydrogens is 331 g/mol. The van der Waals surface area contributed by atoms with Gasteiger partial charge in [-0.3, -0.25) is 4.79 Å². The molecular formula is C21H23FN2O2. The first-order valence-corrected chi connectivity index (χ1v) is 9.16. The van der Waals surface area contributed by atoms with Crippen LogP contribution in [0.4, 0.5) is 4.39 Å². The Hall–Kier alpha value is -2.40. The molecule has 1 saturated heterocycles. The Morgan fingerprint density at radius 2 is 1.92 bits per heavy atom. The van der Waals surface area contributed by atoms with Gasteiger partial charge in [-0.15, -0.1) is 0 Å². The van der Waals surface area contributed by atoms with Crippen LogP contribution in [0.5, 0.6) is 5.75 Å². The average molecular weight is 354 g/mol. The highest BCUT2D eigenvalue weighted by Gasteiger charge is 2.47. The summed E-state index contributed by atoms with van der Waals surface area (Å²) in [5.41, 5.74) is 1.55. The lowest BCUT2D eigenvalue weighted by atomic mass is 9.64. The number of nitrogens with zero attached hydrogens (tertiary/aromatic N) is 1. The van der Waals surface area contributed by atoms with Gasteiger partial charge in [0.25, 0.3) is 5.91 Å². The van der Waals surface area contributed by atoms with Crippen LogP contribution in [-0.4, -0.2) is 42.1 Å². The molecule has 1 aliphatic carbocycles. The molecule has 0 radical (unpaired) electrons. The number of phenols is 1. The largest absolute Gasteiger partial charge is 0.507 e. The number of fused-ring (bicyclic) bond motifs is 1. The Labute approximate surface area is 152 Å². The van der Waals surface area contributed by atoms with E-state index >= 15 is 0 Å². The summed E-state index contributed by atoms with van der Waals surface area (Å²) in [5, 5.41) is 12.6. The van der Waals surface area contributed by atoms with Crippen molar-refractivity contribution in [2.75, 3.05) is 26.2 Å². The van der Waals surface area contributed by atoms with Crippen LogP contribution in [0.15, 0.2) is 48.5 Å². The van der Waals surface area contributed by atoms with Crippen molar-refractivity contribution in [1.82, 2.24) is 10.2 Å². The van der Waals surface area contributed by atoms with Crippen LogP contribution in [0.25, 0.3) is 0 Å². The number of carbonyl (C=O) groups is 1. The molecule has 3 unspecified atom stereocenters. The predicted octanol–water partition coefficient (Wildman–Crippen LogP) is 3.00. The number of nitrogens with one attached hydrogen (secondary N) is 1. The van der Waals surface area contributed by atoms with E-state index in [1.54, 1.807) is 30.3 Å². The van der Waals surface area contributed by atoms with E-state index in [0.29, 0.717) is 29.9 Å². The summed E-state index contributed by atoms with van der Waals surface area (Å²) in [7, 11) is 0. The minimum atomic E-state index is -0.241. The van der Waals surface area contributed by atoms with Crippen molar-refractivity contribution in [1.29, 1.82) is 0 Å². The first kappa shape index (κ1) is 17.0. The maximum Gasteiger partial charge on any atom is 0.255 e. The van der Waals surface area contributed by atoms with Gasteiger partial charge in [0, 0.05) is 26.2 Å². The molecule has 136 valence electrons. The fourth-order valence-corrected chi connectivity index (χ4v) is 4.36. The fourth-order valence-electron chi connectivity index (χ4n) is 4.36. The number of hydrogen-bond donors (Lipinski definition) is 2. The number of rotatable bonds is 5. The summed E-state index contributed by atoms with van der Waals surface area (Å²) in [6, 6.07) is 13.5. The van der Waals surface area contributed by atoms with E-state index in [-0.39, 0.29) is 17.5 Å². The quantitative estimate of drug-likeness (QED) is 0.868. The van der Waals surface area contributed by atoms with E-state index in [0.717, 1.165) is 26.1 Å². The lowest BCUT2D eigenvalue weighted by Crippen LogP contribution is -2.34. The number of likely N-dealkylation sites (tertiary alicyclic amines) is 1. The molecule has 0 bridgehead atoms. The number of para-hydroxylation sites is 1. The normalized spacial score (nSPS) is 24.7. The van der Waals surface area contributed by atoms with Crippen molar-refractivity contribution in [3.05, 3.63) is 65.5 Å². The Morgan fingerprint density at radius 3 is 2.69 bits per heavy atom. The van der Waals surface area contributed by atoms with Crippen molar-refractivity contribution in [2.24, 2.45) is 11.8 Å². The Kier molecular flexibility index (Phi) is 4.64. The monoisotopic (exact) mass is 354 g/mol. The first-order chi connectivity index (χ1) is 12.6. The number of aromatic hydroxyl groups is 1. The van der Waals surface area contributed by atoms with Crippen molar-refractivity contribution in [3.63, 3.8) is 0 Å². The summed E-state index contributed by atoms with van der Waals surface area (Å²) >= 11 is 0. The molecule has 2 fully saturated rings. The van der Waals surface area contributed by atoms with Crippen LogP contribution in [-0.2, 0) is 0 Å².